The SMILES string of the molecule is CCC(=O)c1nc(Br)cn1COCC[Si](C)(C)C. The summed E-state index contributed by atoms with van der Waals surface area (Å²) >= 11 is 3.29. The van der Waals surface area contributed by atoms with Crippen LogP contribution >= 0.6 is 15.9 Å². The number of hydrogen-bond donors (Lipinski definition) is 0. The maximum Gasteiger partial charge on any atom is 0.198 e. The molecule has 0 saturated heterocycles. The van der Waals surface area contributed by atoms with Gasteiger partial charge in [-0.15, -0.1) is 0 Å². The van der Waals surface area contributed by atoms with Gasteiger partial charge in [-0.1, -0.05) is 26.6 Å². The molecule has 0 saturated carbocycles. The van der Waals surface area contributed by atoms with Crippen LogP contribution < -0.4 is 0 Å². The molecule has 0 amide bonds. The van der Waals surface area contributed by atoms with Crippen molar-refractivity contribution in [2.75, 3.05) is 6.61 Å². The van der Waals surface area contributed by atoms with Gasteiger partial charge in [0.05, 0.1) is 0 Å². The van der Waals surface area contributed by atoms with Gasteiger partial charge in [0.15, 0.2) is 11.6 Å². The molecule has 0 atom stereocenters. The predicted molar refractivity (Wildman–Crippen MR) is 78.7 cm³/mol. The van der Waals surface area contributed by atoms with Gasteiger partial charge in [-0.05, 0) is 22.0 Å². The minimum atomic E-state index is -1.06. The number of rotatable bonds is 7. The molecule has 0 aliphatic carbocycles. The predicted octanol–water partition coefficient (Wildman–Crippen LogP) is 3.55. The van der Waals surface area contributed by atoms with E-state index in [0.717, 1.165) is 12.7 Å². The molecule has 0 aromatic carbocycles. The number of hydrogen-bond acceptors (Lipinski definition) is 3. The summed E-state index contributed by atoms with van der Waals surface area (Å²) in [5.74, 6) is 0.506. The molecule has 0 spiro atoms. The number of carbonyl (C=O) groups excluding carboxylic acids is 1. The van der Waals surface area contributed by atoms with E-state index >= 15 is 0 Å². The highest BCUT2D eigenvalue weighted by Crippen LogP contribution is 2.13. The number of nitrogens with zero attached hydrogens (tertiary/aromatic N) is 2. The van der Waals surface area contributed by atoms with Crippen LogP contribution in [0.1, 0.15) is 24.0 Å². The molecule has 1 rings (SSSR count). The highest BCUT2D eigenvalue weighted by molar-refractivity contribution is 9.10. The maximum atomic E-state index is 11.7. The van der Waals surface area contributed by atoms with Crippen molar-refractivity contribution in [2.24, 2.45) is 0 Å². The van der Waals surface area contributed by atoms with Gasteiger partial charge < -0.3 is 9.30 Å². The second-order valence-corrected chi connectivity index (χ2v) is 11.9. The molecule has 0 unspecified atom stereocenters. The van der Waals surface area contributed by atoms with Crippen molar-refractivity contribution >= 4 is 29.8 Å². The number of Topliss-reactive ketones (excluding diaryl/α,β-unsaturated/α-hetero) is 1. The highest BCUT2D eigenvalue weighted by atomic mass is 79.9. The van der Waals surface area contributed by atoms with E-state index < -0.39 is 8.07 Å². The van der Waals surface area contributed by atoms with Crippen molar-refractivity contribution < 1.29 is 9.53 Å². The number of halogens is 1. The summed E-state index contributed by atoms with van der Waals surface area (Å²) in [5, 5.41) is 0. The molecule has 4 nitrogen and oxygen atoms in total. The Morgan fingerprint density at radius 3 is 2.72 bits per heavy atom. The fourth-order valence-electron chi connectivity index (χ4n) is 1.40. The molecule has 0 N–H and O–H groups in total. The first-order valence-corrected chi connectivity index (χ1v) is 10.7. The third-order valence-corrected chi connectivity index (χ3v) is 4.63. The summed E-state index contributed by atoms with van der Waals surface area (Å²) in [6, 6.07) is 1.12. The Hall–Kier alpha value is -0.463. The molecule has 1 heterocycles. The fourth-order valence-corrected chi connectivity index (χ4v) is 2.58. The summed E-state index contributed by atoms with van der Waals surface area (Å²) in [6.45, 7) is 9.92. The van der Waals surface area contributed by atoms with Crippen molar-refractivity contribution in [1.29, 1.82) is 0 Å². The van der Waals surface area contributed by atoms with Crippen LogP contribution in [-0.2, 0) is 11.5 Å². The van der Waals surface area contributed by atoms with Crippen LogP contribution in [0.4, 0.5) is 0 Å². The Labute approximate surface area is 118 Å². The number of ketones is 1. The minimum Gasteiger partial charge on any atom is -0.361 e. The summed E-state index contributed by atoms with van der Waals surface area (Å²) in [7, 11) is -1.06. The lowest BCUT2D eigenvalue weighted by atomic mass is 10.3. The Bertz CT molecular complexity index is 413. The Balaban J connectivity index is 2.54. The normalized spacial score (nSPS) is 11.8. The molecule has 18 heavy (non-hydrogen) atoms. The van der Waals surface area contributed by atoms with Crippen molar-refractivity contribution in [2.45, 2.75) is 45.8 Å². The first kappa shape index (κ1) is 15.6. The summed E-state index contributed by atoms with van der Waals surface area (Å²) < 4.78 is 8.07. The summed E-state index contributed by atoms with van der Waals surface area (Å²) in [5.41, 5.74) is 0. The molecule has 0 radical (unpaired) electrons. The maximum absolute atomic E-state index is 11.7. The second-order valence-electron chi connectivity index (χ2n) is 5.48. The molecule has 1 aromatic rings. The molecule has 0 fully saturated rings. The van der Waals surface area contributed by atoms with Gasteiger partial charge >= 0.3 is 0 Å². The zero-order valence-electron chi connectivity index (χ0n) is 11.5. The Morgan fingerprint density at radius 2 is 2.17 bits per heavy atom. The third kappa shape index (κ3) is 5.03. The third-order valence-electron chi connectivity index (χ3n) is 2.54. The van der Waals surface area contributed by atoms with Crippen LogP contribution in [0, 0.1) is 0 Å². The Kier molecular flexibility index (Phi) is 5.74. The molecule has 1 aromatic heterocycles. The average Bonchev–Trinajstić information content (AvgIpc) is 2.63. The van der Waals surface area contributed by atoms with E-state index in [9.17, 15) is 4.79 Å². The first-order valence-electron chi connectivity index (χ1n) is 6.17. The zero-order valence-corrected chi connectivity index (χ0v) is 14.1. The largest absolute Gasteiger partial charge is 0.361 e. The number of ether oxygens (including phenoxy) is 1. The highest BCUT2D eigenvalue weighted by Gasteiger charge is 2.15. The van der Waals surface area contributed by atoms with Gasteiger partial charge in [0, 0.05) is 27.3 Å². The quantitative estimate of drug-likeness (QED) is 0.435. The van der Waals surface area contributed by atoms with Gasteiger partial charge in [0.1, 0.15) is 11.3 Å². The number of carbonyl (C=O) groups is 1. The van der Waals surface area contributed by atoms with Crippen molar-refractivity contribution in [3.63, 3.8) is 0 Å². The fraction of sp³-hybridized carbons (Fsp3) is 0.667. The molecule has 0 aliphatic heterocycles. The second kappa shape index (κ2) is 6.63. The van der Waals surface area contributed by atoms with E-state index in [-0.39, 0.29) is 5.78 Å². The summed E-state index contributed by atoms with van der Waals surface area (Å²) in [6.07, 6.45) is 2.25. The van der Waals surface area contributed by atoms with Crippen LogP contribution in [0.2, 0.25) is 25.7 Å². The van der Waals surface area contributed by atoms with Gasteiger partial charge in [-0.3, -0.25) is 4.79 Å². The molecular weight excluding hydrogens is 312 g/mol. The lowest BCUT2D eigenvalue weighted by molar-refractivity contribution is 0.0797. The molecule has 0 bridgehead atoms. The van der Waals surface area contributed by atoms with Crippen LogP contribution in [0.5, 0.6) is 0 Å². The monoisotopic (exact) mass is 332 g/mol. The van der Waals surface area contributed by atoms with Crippen molar-refractivity contribution in [3.8, 4) is 0 Å². The lowest BCUT2D eigenvalue weighted by Crippen LogP contribution is -2.22. The minimum absolute atomic E-state index is 0.0366. The number of imidazole rings is 1. The van der Waals surface area contributed by atoms with Gasteiger partial charge in [0.2, 0.25) is 0 Å². The average molecular weight is 333 g/mol. The zero-order chi connectivity index (χ0) is 13.8. The molecule has 0 aliphatic rings. The van der Waals surface area contributed by atoms with E-state index in [1.165, 1.54) is 0 Å². The molecule has 6 heteroatoms. The van der Waals surface area contributed by atoms with E-state index in [1.807, 2.05) is 6.92 Å². The Morgan fingerprint density at radius 1 is 1.50 bits per heavy atom. The van der Waals surface area contributed by atoms with Crippen molar-refractivity contribution in [3.05, 3.63) is 16.6 Å². The first-order chi connectivity index (χ1) is 8.33. The summed E-state index contributed by atoms with van der Waals surface area (Å²) in [4.78, 5) is 15.9. The van der Waals surface area contributed by atoms with E-state index in [4.69, 9.17) is 4.74 Å². The van der Waals surface area contributed by atoms with E-state index in [2.05, 4.69) is 40.6 Å². The van der Waals surface area contributed by atoms with Crippen LogP contribution in [0.25, 0.3) is 0 Å². The van der Waals surface area contributed by atoms with Crippen molar-refractivity contribution in [1.82, 2.24) is 9.55 Å². The van der Waals surface area contributed by atoms with E-state index in [0.29, 0.717) is 23.6 Å². The van der Waals surface area contributed by atoms with Crippen LogP contribution in [-0.4, -0.2) is 30.0 Å². The van der Waals surface area contributed by atoms with Gasteiger partial charge in [0.25, 0.3) is 0 Å². The van der Waals surface area contributed by atoms with E-state index in [1.54, 1.807) is 10.8 Å². The standard InChI is InChI=1S/C12H21BrN2O2Si/c1-5-10(16)12-14-11(13)8-15(12)9-17-6-7-18(2,3)4/h8H,5-7,9H2,1-4H3. The topological polar surface area (TPSA) is 44.1 Å². The van der Waals surface area contributed by atoms with Gasteiger partial charge in [-0.25, -0.2) is 4.98 Å². The molecular formula is C12H21BrN2O2Si. The smallest absolute Gasteiger partial charge is 0.198 e. The number of aromatic nitrogens is 2. The van der Waals surface area contributed by atoms with Gasteiger partial charge in [-0.2, -0.15) is 0 Å². The molecule has 102 valence electrons. The lowest BCUT2D eigenvalue weighted by Gasteiger charge is -2.15. The van der Waals surface area contributed by atoms with Crippen LogP contribution in [0.3, 0.4) is 0 Å². The van der Waals surface area contributed by atoms with Crippen LogP contribution in [0.15, 0.2) is 10.8 Å².